The summed E-state index contributed by atoms with van der Waals surface area (Å²) < 4.78 is 1.75. The molecule has 1 fully saturated rings. The number of nitrogens with one attached hydrogen (secondary N) is 1. The lowest BCUT2D eigenvalue weighted by Crippen LogP contribution is -2.49. The Balaban J connectivity index is 0.000000745. The van der Waals surface area contributed by atoms with E-state index in [2.05, 4.69) is 15.3 Å². The fourth-order valence-electron chi connectivity index (χ4n) is 2.42. The minimum Gasteiger partial charge on any atom is -0.483 e. The van der Waals surface area contributed by atoms with Crippen molar-refractivity contribution in [2.24, 2.45) is 13.0 Å². The Hall–Kier alpha value is -1.93. The van der Waals surface area contributed by atoms with Gasteiger partial charge in [-0.25, -0.2) is 0 Å². The number of likely N-dealkylation sites (tertiary alicyclic amines) is 1. The van der Waals surface area contributed by atoms with Crippen LogP contribution in [0.2, 0.25) is 0 Å². The number of hydrogen-bond donors (Lipinski definition) is 3. The fraction of sp³-hybridized carbons (Fsp3) is 0.643. The van der Waals surface area contributed by atoms with Gasteiger partial charge in [0.25, 0.3) is 6.47 Å². The number of amides is 1. The van der Waals surface area contributed by atoms with Gasteiger partial charge in [0.15, 0.2) is 0 Å². The number of rotatable bonds is 4. The molecule has 1 aromatic heterocycles. The standard InChI is InChI=1S/C13H22N4O2.CH2O2/c1-16-6-4-12(18)11(9-16)13(19)14-5-3-10-7-15-17(2)8-10;2-1-3/h7-8,11-12,18H,3-6,9H2,1-2H3,(H,14,19);1H,(H,2,3)/t11-,12-;/m1./s1. The zero-order valence-corrected chi connectivity index (χ0v) is 13.0. The van der Waals surface area contributed by atoms with Crippen molar-refractivity contribution in [1.29, 1.82) is 0 Å². The molecule has 1 amide bonds. The lowest BCUT2D eigenvalue weighted by Gasteiger charge is -2.32. The number of carbonyl (C=O) groups excluding carboxylic acids is 1. The normalized spacial score (nSPS) is 21.6. The Morgan fingerprint density at radius 1 is 1.55 bits per heavy atom. The maximum atomic E-state index is 12.0. The summed E-state index contributed by atoms with van der Waals surface area (Å²) in [6.45, 7) is 1.80. The van der Waals surface area contributed by atoms with E-state index >= 15 is 0 Å². The zero-order valence-electron chi connectivity index (χ0n) is 13.0. The van der Waals surface area contributed by atoms with Gasteiger partial charge < -0.3 is 20.4 Å². The van der Waals surface area contributed by atoms with Gasteiger partial charge >= 0.3 is 0 Å². The molecule has 2 rings (SSSR count). The number of aryl methyl sites for hydroxylation is 1. The van der Waals surface area contributed by atoms with E-state index in [4.69, 9.17) is 9.90 Å². The molecule has 22 heavy (non-hydrogen) atoms. The number of aromatic nitrogens is 2. The van der Waals surface area contributed by atoms with Gasteiger partial charge in [-0.3, -0.25) is 14.3 Å². The van der Waals surface area contributed by atoms with Crippen LogP contribution in [0.1, 0.15) is 12.0 Å². The van der Waals surface area contributed by atoms with Crippen LogP contribution in [-0.4, -0.2) is 70.1 Å². The van der Waals surface area contributed by atoms with Crippen LogP contribution in [0.15, 0.2) is 12.4 Å². The second-order valence-corrected chi connectivity index (χ2v) is 5.39. The van der Waals surface area contributed by atoms with E-state index < -0.39 is 6.10 Å². The molecule has 0 saturated carbocycles. The lowest BCUT2D eigenvalue weighted by molar-refractivity contribution is -0.131. The predicted molar refractivity (Wildman–Crippen MR) is 80.2 cm³/mol. The first-order valence-corrected chi connectivity index (χ1v) is 7.17. The molecule has 1 saturated heterocycles. The van der Waals surface area contributed by atoms with E-state index in [9.17, 15) is 9.90 Å². The number of aliphatic hydroxyl groups is 1. The first-order chi connectivity index (χ1) is 10.5. The molecule has 0 radical (unpaired) electrons. The SMILES string of the molecule is CN1CC[C@@H](O)[C@H](C(=O)NCCc2cnn(C)c2)C1.O=CO. The number of carboxylic acid groups (broad SMARTS) is 1. The molecule has 1 aromatic rings. The molecule has 0 spiro atoms. The van der Waals surface area contributed by atoms with Gasteiger partial charge in [-0.05, 0) is 25.5 Å². The average Bonchev–Trinajstić information content (AvgIpc) is 2.88. The summed E-state index contributed by atoms with van der Waals surface area (Å²) in [4.78, 5) is 22.5. The molecule has 0 unspecified atom stereocenters. The second kappa shape index (κ2) is 9.16. The van der Waals surface area contributed by atoms with Crippen LogP contribution in [0, 0.1) is 5.92 Å². The number of nitrogens with zero attached hydrogens (tertiary/aromatic N) is 3. The highest BCUT2D eigenvalue weighted by Crippen LogP contribution is 2.16. The van der Waals surface area contributed by atoms with Crippen LogP contribution in [0.5, 0.6) is 0 Å². The molecular weight excluding hydrogens is 288 g/mol. The number of piperidine rings is 1. The summed E-state index contributed by atoms with van der Waals surface area (Å²) in [6.07, 6.45) is 4.65. The van der Waals surface area contributed by atoms with E-state index in [0.29, 0.717) is 19.5 Å². The molecule has 3 N–H and O–H groups in total. The number of carbonyl (C=O) groups is 2. The molecular formula is C14H24N4O4. The molecule has 8 heteroatoms. The summed E-state index contributed by atoms with van der Waals surface area (Å²) in [7, 11) is 3.85. The van der Waals surface area contributed by atoms with E-state index in [1.54, 1.807) is 10.9 Å². The maximum absolute atomic E-state index is 12.0. The van der Waals surface area contributed by atoms with Gasteiger partial charge in [-0.2, -0.15) is 5.10 Å². The Bertz CT molecular complexity index is 477. The van der Waals surface area contributed by atoms with Gasteiger partial charge in [0.05, 0.1) is 18.2 Å². The first-order valence-electron chi connectivity index (χ1n) is 7.17. The van der Waals surface area contributed by atoms with E-state index in [-0.39, 0.29) is 18.3 Å². The van der Waals surface area contributed by atoms with Crippen molar-refractivity contribution in [3.63, 3.8) is 0 Å². The van der Waals surface area contributed by atoms with E-state index in [1.807, 2.05) is 20.3 Å². The zero-order chi connectivity index (χ0) is 16.5. The number of hydrogen-bond acceptors (Lipinski definition) is 5. The molecule has 1 aliphatic heterocycles. The summed E-state index contributed by atoms with van der Waals surface area (Å²) >= 11 is 0. The molecule has 2 heterocycles. The summed E-state index contributed by atoms with van der Waals surface area (Å²) in [5, 5.41) is 23.7. The molecule has 0 aromatic carbocycles. The summed E-state index contributed by atoms with van der Waals surface area (Å²) in [6, 6.07) is 0. The van der Waals surface area contributed by atoms with Crippen LogP contribution >= 0.6 is 0 Å². The molecule has 124 valence electrons. The predicted octanol–water partition coefficient (Wildman–Crippen LogP) is -0.908. The molecule has 2 atom stereocenters. The Morgan fingerprint density at radius 3 is 2.82 bits per heavy atom. The highest BCUT2D eigenvalue weighted by molar-refractivity contribution is 5.79. The van der Waals surface area contributed by atoms with Crippen LogP contribution in [0.4, 0.5) is 0 Å². The third-order valence-corrected chi connectivity index (χ3v) is 3.59. The number of aliphatic hydroxyl groups excluding tert-OH is 1. The van der Waals surface area contributed by atoms with Gasteiger partial charge in [0.2, 0.25) is 5.91 Å². The monoisotopic (exact) mass is 312 g/mol. The van der Waals surface area contributed by atoms with Crippen LogP contribution in [-0.2, 0) is 23.1 Å². The molecule has 1 aliphatic rings. The summed E-state index contributed by atoms with van der Waals surface area (Å²) in [5.41, 5.74) is 1.10. The largest absolute Gasteiger partial charge is 0.483 e. The van der Waals surface area contributed by atoms with Crippen molar-refractivity contribution < 1.29 is 19.8 Å². The Morgan fingerprint density at radius 2 is 2.23 bits per heavy atom. The van der Waals surface area contributed by atoms with E-state index in [1.165, 1.54) is 0 Å². The maximum Gasteiger partial charge on any atom is 0.290 e. The smallest absolute Gasteiger partial charge is 0.290 e. The average molecular weight is 312 g/mol. The van der Waals surface area contributed by atoms with Crippen molar-refractivity contribution in [1.82, 2.24) is 20.0 Å². The van der Waals surface area contributed by atoms with Gasteiger partial charge in [-0.15, -0.1) is 0 Å². The quantitative estimate of drug-likeness (QED) is 0.622. The van der Waals surface area contributed by atoms with Gasteiger partial charge in [0.1, 0.15) is 0 Å². The fourth-order valence-corrected chi connectivity index (χ4v) is 2.42. The second-order valence-electron chi connectivity index (χ2n) is 5.39. The third-order valence-electron chi connectivity index (χ3n) is 3.59. The first kappa shape index (κ1) is 18.1. The van der Waals surface area contributed by atoms with Crippen LogP contribution in [0.3, 0.4) is 0 Å². The highest BCUT2D eigenvalue weighted by Gasteiger charge is 2.31. The van der Waals surface area contributed by atoms with E-state index in [0.717, 1.165) is 18.5 Å². The molecule has 8 nitrogen and oxygen atoms in total. The van der Waals surface area contributed by atoms with Crippen LogP contribution in [0.25, 0.3) is 0 Å². The topological polar surface area (TPSA) is 108 Å². The minimum atomic E-state index is -0.519. The van der Waals surface area contributed by atoms with Crippen molar-refractivity contribution in [3.05, 3.63) is 18.0 Å². The van der Waals surface area contributed by atoms with Crippen molar-refractivity contribution >= 4 is 12.4 Å². The van der Waals surface area contributed by atoms with Crippen molar-refractivity contribution in [3.8, 4) is 0 Å². The summed E-state index contributed by atoms with van der Waals surface area (Å²) in [5.74, 6) is -0.365. The van der Waals surface area contributed by atoms with Crippen molar-refractivity contribution in [2.75, 3.05) is 26.7 Å². The highest BCUT2D eigenvalue weighted by atomic mass is 16.3. The molecule has 0 bridgehead atoms. The minimum absolute atomic E-state index is 0.0528. The lowest BCUT2D eigenvalue weighted by atomic mass is 9.94. The Kier molecular flexibility index (Phi) is 7.55. The Labute approximate surface area is 129 Å². The van der Waals surface area contributed by atoms with Crippen molar-refractivity contribution in [2.45, 2.75) is 18.9 Å². The van der Waals surface area contributed by atoms with Crippen LogP contribution < -0.4 is 5.32 Å². The van der Waals surface area contributed by atoms with Gasteiger partial charge in [-0.1, -0.05) is 0 Å². The third kappa shape index (κ3) is 5.82. The van der Waals surface area contributed by atoms with Gasteiger partial charge in [0, 0.05) is 32.9 Å². The molecule has 0 aliphatic carbocycles.